The minimum atomic E-state index is -0.393. The van der Waals surface area contributed by atoms with Crippen LogP contribution < -0.4 is 10.9 Å². The highest BCUT2D eigenvalue weighted by Crippen LogP contribution is 2.19. The number of carbonyl (C=O) groups excluding carboxylic acids is 2. The van der Waals surface area contributed by atoms with Crippen molar-refractivity contribution in [3.8, 4) is 0 Å². The topological polar surface area (TPSA) is 74.0 Å². The Labute approximate surface area is 147 Å². The number of nitrogens with one attached hydrogen (secondary N) is 3. The molecule has 122 valence electrons. The van der Waals surface area contributed by atoms with Crippen molar-refractivity contribution in [1.29, 1.82) is 0 Å². The van der Waals surface area contributed by atoms with Gasteiger partial charge in [0, 0.05) is 20.8 Å². The van der Waals surface area contributed by atoms with Gasteiger partial charge in [-0.05, 0) is 36.4 Å². The molecule has 0 unspecified atom stereocenters. The number of amides is 2. The lowest BCUT2D eigenvalue weighted by atomic mass is 10.2. The van der Waals surface area contributed by atoms with E-state index in [-0.39, 0.29) is 11.7 Å². The summed E-state index contributed by atoms with van der Waals surface area (Å²) in [6, 6.07) is 16.5. The van der Waals surface area contributed by atoms with Crippen molar-refractivity contribution >= 4 is 46.1 Å². The number of aromatic amines is 1. The van der Waals surface area contributed by atoms with Gasteiger partial charge in [-0.25, -0.2) is 0 Å². The molecule has 0 aliphatic carbocycles. The third kappa shape index (κ3) is 4.10. The summed E-state index contributed by atoms with van der Waals surface area (Å²) in [7, 11) is 0. The molecule has 1 aromatic heterocycles. The zero-order chi connectivity index (χ0) is 16.9. The third-order valence-electron chi connectivity index (χ3n) is 3.27. The van der Waals surface area contributed by atoms with E-state index in [1.807, 2.05) is 36.4 Å². The maximum absolute atomic E-state index is 12.1. The monoisotopic (exact) mass is 359 g/mol. The van der Waals surface area contributed by atoms with Crippen LogP contribution in [0.2, 0.25) is 5.02 Å². The number of benzene rings is 2. The summed E-state index contributed by atoms with van der Waals surface area (Å²) in [5.74, 6) is -0.496. The highest BCUT2D eigenvalue weighted by Gasteiger charge is 2.10. The number of aromatic nitrogens is 1. The smallest absolute Gasteiger partial charge is 0.286 e. The Morgan fingerprint density at radius 1 is 1.04 bits per heavy atom. The molecule has 0 saturated carbocycles. The van der Waals surface area contributed by atoms with Crippen LogP contribution in [0.25, 0.3) is 10.9 Å². The maximum Gasteiger partial charge on any atom is 0.286 e. The quantitative estimate of drug-likeness (QED) is 0.494. The number of hydrazine groups is 1. The second kappa shape index (κ2) is 7.42. The largest absolute Gasteiger partial charge is 0.350 e. The van der Waals surface area contributed by atoms with Gasteiger partial charge in [-0.2, -0.15) is 0 Å². The van der Waals surface area contributed by atoms with Crippen molar-refractivity contribution in [2.24, 2.45) is 0 Å². The molecule has 0 aliphatic rings. The first-order chi connectivity index (χ1) is 11.6. The summed E-state index contributed by atoms with van der Waals surface area (Å²) in [5, 5.41) is 1.58. The van der Waals surface area contributed by atoms with E-state index in [0.717, 1.165) is 15.8 Å². The fourth-order valence-electron chi connectivity index (χ4n) is 2.11. The van der Waals surface area contributed by atoms with E-state index in [1.165, 1.54) is 11.8 Å². The van der Waals surface area contributed by atoms with Gasteiger partial charge >= 0.3 is 0 Å². The molecular weight excluding hydrogens is 346 g/mol. The number of hydrogen-bond donors (Lipinski definition) is 3. The van der Waals surface area contributed by atoms with E-state index in [1.54, 1.807) is 18.2 Å². The molecular formula is C17H14ClN3O2S. The Morgan fingerprint density at radius 3 is 2.54 bits per heavy atom. The summed E-state index contributed by atoms with van der Waals surface area (Å²) >= 11 is 7.17. The lowest BCUT2D eigenvalue weighted by Gasteiger charge is -2.06. The first-order valence-corrected chi connectivity index (χ1v) is 8.53. The predicted molar refractivity (Wildman–Crippen MR) is 96.1 cm³/mol. The maximum atomic E-state index is 12.1. The molecule has 0 atom stereocenters. The van der Waals surface area contributed by atoms with Gasteiger partial charge in [0.25, 0.3) is 5.91 Å². The van der Waals surface area contributed by atoms with Crippen LogP contribution >= 0.6 is 23.4 Å². The minimum Gasteiger partial charge on any atom is -0.350 e. The van der Waals surface area contributed by atoms with Gasteiger partial charge in [-0.3, -0.25) is 20.4 Å². The van der Waals surface area contributed by atoms with Gasteiger partial charge in [0.15, 0.2) is 0 Å². The predicted octanol–water partition coefficient (Wildman–Crippen LogP) is 3.37. The summed E-state index contributed by atoms with van der Waals surface area (Å²) in [5.41, 5.74) is 6.06. The third-order valence-corrected chi connectivity index (χ3v) is 4.54. The Kier molecular flexibility index (Phi) is 5.08. The zero-order valence-corrected chi connectivity index (χ0v) is 14.1. The van der Waals surface area contributed by atoms with Gasteiger partial charge in [-0.15, -0.1) is 11.8 Å². The highest BCUT2D eigenvalue weighted by molar-refractivity contribution is 8.00. The lowest BCUT2D eigenvalue weighted by molar-refractivity contribution is -0.119. The first-order valence-electron chi connectivity index (χ1n) is 7.17. The van der Waals surface area contributed by atoms with Gasteiger partial charge in [0.05, 0.1) is 5.75 Å². The molecule has 2 aromatic carbocycles. The van der Waals surface area contributed by atoms with Crippen LogP contribution in [0.3, 0.4) is 0 Å². The number of rotatable bonds is 4. The molecule has 0 fully saturated rings. The van der Waals surface area contributed by atoms with Crippen LogP contribution in [-0.2, 0) is 4.79 Å². The summed E-state index contributed by atoms with van der Waals surface area (Å²) in [6.07, 6.45) is 0. The van der Waals surface area contributed by atoms with Crippen molar-refractivity contribution in [2.45, 2.75) is 4.90 Å². The molecule has 7 heteroatoms. The van der Waals surface area contributed by atoms with E-state index < -0.39 is 5.91 Å². The number of H-pyrrole nitrogens is 1. The van der Waals surface area contributed by atoms with Crippen molar-refractivity contribution in [1.82, 2.24) is 15.8 Å². The van der Waals surface area contributed by atoms with E-state index in [9.17, 15) is 9.59 Å². The van der Waals surface area contributed by atoms with Gasteiger partial charge in [0.2, 0.25) is 5.91 Å². The van der Waals surface area contributed by atoms with E-state index >= 15 is 0 Å². The van der Waals surface area contributed by atoms with Crippen LogP contribution in [-0.4, -0.2) is 22.6 Å². The molecule has 2 amide bonds. The SMILES string of the molecule is O=C(CSc1ccc(Cl)cc1)NNC(=O)c1cc2ccccc2[nH]1. The average Bonchev–Trinajstić information content (AvgIpc) is 3.03. The second-order valence-electron chi connectivity index (χ2n) is 5.02. The molecule has 3 N–H and O–H groups in total. The molecule has 5 nitrogen and oxygen atoms in total. The summed E-state index contributed by atoms with van der Waals surface area (Å²) in [6.45, 7) is 0. The number of hydrogen-bond acceptors (Lipinski definition) is 3. The Balaban J connectivity index is 1.50. The molecule has 3 rings (SSSR count). The standard InChI is InChI=1S/C17H14ClN3O2S/c18-12-5-7-13(8-6-12)24-10-16(22)20-21-17(23)15-9-11-3-1-2-4-14(11)19-15/h1-9,19H,10H2,(H,20,22)(H,21,23). The van der Waals surface area contributed by atoms with Gasteiger partial charge in [0.1, 0.15) is 5.69 Å². The van der Waals surface area contributed by atoms with E-state index in [2.05, 4.69) is 15.8 Å². The number of fused-ring (bicyclic) bond motifs is 1. The summed E-state index contributed by atoms with van der Waals surface area (Å²) in [4.78, 5) is 27.8. The molecule has 1 heterocycles. The summed E-state index contributed by atoms with van der Waals surface area (Å²) < 4.78 is 0. The molecule has 0 aliphatic heterocycles. The average molecular weight is 360 g/mol. The van der Waals surface area contributed by atoms with Crippen LogP contribution in [0.4, 0.5) is 0 Å². The molecule has 0 saturated heterocycles. The Hall–Kier alpha value is -2.44. The number of thioether (sulfide) groups is 1. The molecule has 0 bridgehead atoms. The van der Waals surface area contributed by atoms with Crippen LogP contribution in [0.1, 0.15) is 10.5 Å². The minimum absolute atomic E-state index is 0.189. The van der Waals surface area contributed by atoms with Crippen molar-refractivity contribution in [2.75, 3.05) is 5.75 Å². The van der Waals surface area contributed by atoms with Gasteiger partial charge < -0.3 is 4.98 Å². The number of carbonyl (C=O) groups is 2. The first kappa shape index (κ1) is 16.4. The fourth-order valence-corrected chi connectivity index (χ4v) is 2.93. The molecule has 24 heavy (non-hydrogen) atoms. The number of para-hydroxylation sites is 1. The number of halogens is 1. The lowest BCUT2D eigenvalue weighted by Crippen LogP contribution is -2.42. The Morgan fingerprint density at radius 2 is 1.79 bits per heavy atom. The second-order valence-corrected chi connectivity index (χ2v) is 6.50. The fraction of sp³-hybridized carbons (Fsp3) is 0.0588. The van der Waals surface area contributed by atoms with Crippen LogP contribution in [0, 0.1) is 0 Å². The molecule has 0 radical (unpaired) electrons. The normalized spacial score (nSPS) is 10.5. The van der Waals surface area contributed by atoms with Crippen molar-refractivity contribution < 1.29 is 9.59 Å². The Bertz CT molecular complexity index is 844. The highest BCUT2D eigenvalue weighted by atomic mass is 35.5. The zero-order valence-electron chi connectivity index (χ0n) is 12.5. The van der Waals surface area contributed by atoms with E-state index in [4.69, 9.17) is 11.6 Å². The van der Waals surface area contributed by atoms with Crippen LogP contribution in [0.15, 0.2) is 59.5 Å². The molecule has 0 spiro atoms. The van der Waals surface area contributed by atoms with Crippen molar-refractivity contribution in [3.63, 3.8) is 0 Å². The van der Waals surface area contributed by atoms with Crippen molar-refractivity contribution in [3.05, 3.63) is 65.3 Å². The van der Waals surface area contributed by atoms with Gasteiger partial charge in [-0.1, -0.05) is 29.8 Å². The van der Waals surface area contributed by atoms with Crippen LogP contribution in [0.5, 0.6) is 0 Å². The molecule has 3 aromatic rings. The van der Waals surface area contributed by atoms with E-state index in [0.29, 0.717) is 10.7 Å².